The molecule has 2 aromatic carbocycles. The Morgan fingerprint density at radius 2 is 1.62 bits per heavy atom. The fourth-order valence-corrected chi connectivity index (χ4v) is 1.55. The van der Waals surface area contributed by atoms with E-state index >= 15 is 0 Å². The average molecular weight is 289 g/mol. The molecule has 2 amide bonds. The van der Waals surface area contributed by atoms with Crippen molar-refractivity contribution in [3.63, 3.8) is 0 Å². The monoisotopic (exact) mass is 289 g/mol. The van der Waals surface area contributed by atoms with Crippen LogP contribution in [0.2, 0.25) is 0 Å². The molecule has 21 heavy (non-hydrogen) atoms. The van der Waals surface area contributed by atoms with Gasteiger partial charge in [-0.1, -0.05) is 0 Å². The number of aliphatic imine (C=N–C) groups is 1. The van der Waals surface area contributed by atoms with Crippen LogP contribution < -0.4 is 10.6 Å². The van der Waals surface area contributed by atoms with Crippen molar-refractivity contribution in [3.05, 3.63) is 54.1 Å². The molecule has 0 aliphatic heterocycles. The molecule has 0 aromatic heterocycles. The van der Waals surface area contributed by atoms with Gasteiger partial charge in [-0.3, -0.25) is 0 Å². The number of nitrogens with zero attached hydrogens (tertiary/aromatic N) is 1. The highest BCUT2D eigenvalue weighted by atomic mass is 19.1. The van der Waals surface area contributed by atoms with E-state index in [1.54, 1.807) is 0 Å². The van der Waals surface area contributed by atoms with Crippen LogP contribution in [0.4, 0.5) is 30.6 Å². The van der Waals surface area contributed by atoms with Gasteiger partial charge in [0.15, 0.2) is 5.82 Å². The van der Waals surface area contributed by atoms with Gasteiger partial charge < -0.3 is 10.6 Å². The number of halogens is 2. The summed E-state index contributed by atoms with van der Waals surface area (Å²) >= 11 is 0. The van der Waals surface area contributed by atoms with Crippen LogP contribution in [0.15, 0.2) is 47.5 Å². The van der Waals surface area contributed by atoms with Crippen molar-refractivity contribution in [2.45, 2.75) is 0 Å². The molecule has 2 aromatic rings. The molecule has 0 atom stereocenters. The van der Waals surface area contributed by atoms with E-state index in [1.807, 2.05) is 0 Å². The number of carbonyl (C=O) groups is 1. The lowest BCUT2D eigenvalue weighted by Crippen LogP contribution is -2.19. The highest BCUT2D eigenvalue weighted by molar-refractivity contribution is 5.99. The lowest BCUT2D eigenvalue weighted by atomic mass is 10.2. The molecule has 106 valence electrons. The predicted octanol–water partition coefficient (Wildman–Crippen LogP) is 3.58. The van der Waals surface area contributed by atoms with Gasteiger partial charge in [0.2, 0.25) is 6.08 Å². The Bertz CT molecular complexity index is 711. The fourth-order valence-electron chi connectivity index (χ4n) is 1.55. The molecule has 0 saturated carbocycles. The van der Waals surface area contributed by atoms with Gasteiger partial charge in [-0.05, 0) is 42.5 Å². The first kappa shape index (κ1) is 14.4. The molecule has 0 aliphatic carbocycles. The van der Waals surface area contributed by atoms with E-state index in [4.69, 9.17) is 0 Å². The molecule has 0 aliphatic rings. The second-order valence-electron chi connectivity index (χ2n) is 3.96. The standard InChI is InChI=1S/C14H9F2N3O2/c15-9-1-3-10(4-2-9)18-14(21)19-11-5-6-13(17-8-20)12(16)7-11/h1-7H,(H2,18,19,21). The normalized spacial score (nSPS) is 9.62. The number of anilines is 2. The summed E-state index contributed by atoms with van der Waals surface area (Å²) in [5, 5.41) is 4.84. The van der Waals surface area contributed by atoms with Gasteiger partial charge in [-0.15, -0.1) is 0 Å². The molecule has 0 saturated heterocycles. The highest BCUT2D eigenvalue weighted by Crippen LogP contribution is 2.21. The van der Waals surface area contributed by atoms with Gasteiger partial charge in [0, 0.05) is 11.4 Å². The van der Waals surface area contributed by atoms with E-state index in [-0.39, 0.29) is 11.4 Å². The van der Waals surface area contributed by atoms with Crippen molar-refractivity contribution in [2.24, 2.45) is 4.99 Å². The maximum atomic E-state index is 13.5. The summed E-state index contributed by atoms with van der Waals surface area (Å²) in [5.41, 5.74) is 0.392. The molecule has 2 rings (SSSR count). The Balaban J connectivity index is 2.04. The Morgan fingerprint density at radius 3 is 2.24 bits per heavy atom. The average Bonchev–Trinajstić information content (AvgIpc) is 2.44. The highest BCUT2D eigenvalue weighted by Gasteiger charge is 2.06. The molecule has 0 bridgehead atoms. The molecule has 5 nitrogen and oxygen atoms in total. The van der Waals surface area contributed by atoms with Gasteiger partial charge in [-0.25, -0.2) is 18.4 Å². The van der Waals surface area contributed by atoms with E-state index in [0.717, 1.165) is 6.07 Å². The topological polar surface area (TPSA) is 70.6 Å². The van der Waals surface area contributed by atoms with Crippen molar-refractivity contribution in [2.75, 3.05) is 10.6 Å². The van der Waals surface area contributed by atoms with Crippen LogP contribution in [0.5, 0.6) is 0 Å². The largest absolute Gasteiger partial charge is 0.323 e. The van der Waals surface area contributed by atoms with Crippen LogP contribution in [-0.4, -0.2) is 12.1 Å². The lowest BCUT2D eigenvalue weighted by molar-refractivity contribution is 0.262. The number of urea groups is 1. The second-order valence-corrected chi connectivity index (χ2v) is 3.96. The van der Waals surface area contributed by atoms with E-state index in [2.05, 4.69) is 15.6 Å². The maximum absolute atomic E-state index is 13.5. The smallest absolute Gasteiger partial charge is 0.308 e. The Labute approximate surface area is 118 Å². The molecule has 0 spiro atoms. The first-order valence-electron chi connectivity index (χ1n) is 5.79. The fraction of sp³-hybridized carbons (Fsp3) is 0. The van der Waals surface area contributed by atoms with Crippen molar-refractivity contribution < 1.29 is 18.4 Å². The van der Waals surface area contributed by atoms with Crippen LogP contribution in [0.25, 0.3) is 0 Å². The summed E-state index contributed by atoms with van der Waals surface area (Å²) in [6.45, 7) is 0. The molecular weight excluding hydrogens is 280 g/mol. The van der Waals surface area contributed by atoms with Gasteiger partial charge in [0.1, 0.15) is 11.5 Å². The molecular formula is C14H9F2N3O2. The minimum absolute atomic E-state index is 0.172. The summed E-state index contributed by atoms with van der Waals surface area (Å²) in [5.74, 6) is -1.19. The Morgan fingerprint density at radius 1 is 1.00 bits per heavy atom. The van der Waals surface area contributed by atoms with Crippen molar-refractivity contribution >= 4 is 29.2 Å². The summed E-state index contributed by atoms with van der Waals surface area (Å²) in [4.78, 5) is 24.9. The molecule has 2 N–H and O–H groups in total. The number of nitrogens with one attached hydrogen (secondary N) is 2. The third-order valence-corrected chi connectivity index (χ3v) is 2.47. The third-order valence-electron chi connectivity index (χ3n) is 2.47. The van der Waals surface area contributed by atoms with Crippen LogP contribution in [-0.2, 0) is 4.79 Å². The van der Waals surface area contributed by atoms with E-state index in [1.165, 1.54) is 42.5 Å². The molecule has 0 fully saturated rings. The molecule has 7 heteroatoms. The van der Waals surface area contributed by atoms with Crippen LogP contribution >= 0.6 is 0 Å². The van der Waals surface area contributed by atoms with E-state index in [9.17, 15) is 18.4 Å². The SMILES string of the molecule is O=C=Nc1ccc(NC(=O)Nc2ccc(F)cc2)cc1F. The molecule has 0 unspecified atom stereocenters. The zero-order chi connectivity index (χ0) is 15.2. The Kier molecular flexibility index (Phi) is 4.38. The third kappa shape index (κ3) is 3.95. The quantitative estimate of drug-likeness (QED) is 0.669. The lowest BCUT2D eigenvalue weighted by Gasteiger charge is -2.08. The summed E-state index contributed by atoms with van der Waals surface area (Å²) in [6, 6.07) is 8.17. The van der Waals surface area contributed by atoms with Gasteiger partial charge in [-0.2, -0.15) is 4.99 Å². The van der Waals surface area contributed by atoms with Crippen LogP contribution in [0, 0.1) is 11.6 Å². The summed E-state index contributed by atoms with van der Waals surface area (Å²) in [6.07, 6.45) is 1.23. The molecule has 0 radical (unpaired) electrons. The van der Waals surface area contributed by atoms with Crippen LogP contribution in [0.3, 0.4) is 0 Å². The van der Waals surface area contributed by atoms with Crippen molar-refractivity contribution in [1.82, 2.24) is 0 Å². The predicted molar refractivity (Wildman–Crippen MR) is 73.2 cm³/mol. The summed E-state index contributed by atoms with van der Waals surface area (Å²) in [7, 11) is 0. The number of carbonyl (C=O) groups excluding carboxylic acids is 2. The van der Waals surface area contributed by atoms with Gasteiger partial charge in [0.05, 0.1) is 0 Å². The van der Waals surface area contributed by atoms with E-state index < -0.39 is 17.7 Å². The summed E-state index contributed by atoms with van der Waals surface area (Å²) < 4.78 is 26.2. The van der Waals surface area contributed by atoms with E-state index in [0.29, 0.717) is 5.69 Å². The number of hydrogen-bond donors (Lipinski definition) is 2. The van der Waals surface area contributed by atoms with Crippen molar-refractivity contribution in [3.8, 4) is 0 Å². The zero-order valence-electron chi connectivity index (χ0n) is 10.6. The maximum Gasteiger partial charge on any atom is 0.323 e. The van der Waals surface area contributed by atoms with Gasteiger partial charge >= 0.3 is 6.03 Å². The minimum atomic E-state index is -0.766. The zero-order valence-corrected chi connectivity index (χ0v) is 10.6. The van der Waals surface area contributed by atoms with Crippen molar-refractivity contribution in [1.29, 1.82) is 0 Å². The molecule has 0 heterocycles. The van der Waals surface area contributed by atoms with Crippen LogP contribution in [0.1, 0.15) is 0 Å². The minimum Gasteiger partial charge on any atom is -0.308 e. The number of isocyanates is 1. The number of benzene rings is 2. The Hall–Kier alpha value is -3.05. The first-order chi connectivity index (χ1) is 10.1. The number of rotatable bonds is 3. The second kappa shape index (κ2) is 6.40. The first-order valence-corrected chi connectivity index (χ1v) is 5.79. The number of amides is 2. The number of hydrogen-bond acceptors (Lipinski definition) is 3. The van der Waals surface area contributed by atoms with Gasteiger partial charge in [0.25, 0.3) is 0 Å².